The van der Waals surface area contributed by atoms with Gasteiger partial charge in [0.25, 0.3) is 5.91 Å². The summed E-state index contributed by atoms with van der Waals surface area (Å²) < 4.78 is 5.91. The predicted molar refractivity (Wildman–Crippen MR) is 200 cm³/mol. The fourth-order valence-electron chi connectivity index (χ4n) is 7.59. The lowest BCUT2D eigenvalue weighted by molar-refractivity contribution is -0.137. The normalized spacial score (nSPS) is 19.6. The molecule has 0 radical (unpaired) electrons. The van der Waals surface area contributed by atoms with Crippen LogP contribution in [0.25, 0.3) is 0 Å². The highest BCUT2D eigenvalue weighted by atomic mass is 16.5. The lowest BCUT2D eigenvalue weighted by Crippen LogP contribution is -2.52. The molecule has 3 aromatic rings. The van der Waals surface area contributed by atoms with Gasteiger partial charge in [0.1, 0.15) is 30.2 Å². The van der Waals surface area contributed by atoms with Gasteiger partial charge in [-0.15, -0.1) is 0 Å². The van der Waals surface area contributed by atoms with Crippen molar-refractivity contribution in [3.63, 3.8) is 0 Å². The SMILES string of the molecule is CNC(=O)C(NC(=O)C1(c2ccc(O)cc2)CC1)c1cccc(OCCNC(=O)CN2CCN(c3ccc4c(c3)CN(C3CCC(=O)NC3=O)C4=O)CC2)c1. The van der Waals surface area contributed by atoms with Crippen molar-refractivity contribution in [3.8, 4) is 11.5 Å². The van der Waals surface area contributed by atoms with E-state index in [0.717, 1.165) is 16.8 Å². The van der Waals surface area contributed by atoms with E-state index in [0.29, 0.717) is 68.9 Å². The number of imide groups is 1. The number of ether oxygens (including phenoxy) is 1. The van der Waals surface area contributed by atoms with Crippen LogP contribution >= 0.6 is 0 Å². The molecular formula is C40H45N7O8. The molecule has 7 rings (SSSR count). The van der Waals surface area contributed by atoms with Gasteiger partial charge in [0.05, 0.1) is 18.5 Å². The van der Waals surface area contributed by atoms with Crippen molar-refractivity contribution in [3.05, 3.63) is 89.0 Å². The fourth-order valence-corrected chi connectivity index (χ4v) is 7.59. The number of amides is 6. The van der Waals surface area contributed by atoms with Gasteiger partial charge in [0.2, 0.25) is 29.5 Å². The van der Waals surface area contributed by atoms with E-state index in [1.807, 2.05) is 12.1 Å². The maximum absolute atomic E-state index is 13.5. The molecule has 6 amide bonds. The molecule has 3 aromatic carbocycles. The van der Waals surface area contributed by atoms with Crippen LogP contribution in [0.15, 0.2) is 66.7 Å². The molecule has 0 aromatic heterocycles. The van der Waals surface area contributed by atoms with Crippen LogP contribution in [0, 0.1) is 0 Å². The summed E-state index contributed by atoms with van der Waals surface area (Å²) in [7, 11) is 1.51. The molecule has 2 unspecified atom stereocenters. The third-order valence-electron chi connectivity index (χ3n) is 10.9. The van der Waals surface area contributed by atoms with E-state index in [4.69, 9.17) is 4.74 Å². The van der Waals surface area contributed by atoms with E-state index in [9.17, 15) is 33.9 Å². The molecule has 288 valence electrons. The van der Waals surface area contributed by atoms with Crippen molar-refractivity contribution in [1.82, 2.24) is 31.1 Å². The van der Waals surface area contributed by atoms with E-state index >= 15 is 0 Å². The Labute approximate surface area is 318 Å². The molecule has 1 saturated carbocycles. The van der Waals surface area contributed by atoms with Crippen LogP contribution in [-0.4, -0.2) is 109 Å². The summed E-state index contributed by atoms with van der Waals surface area (Å²) >= 11 is 0. The Hall–Kier alpha value is -5.96. The molecule has 2 atom stereocenters. The monoisotopic (exact) mass is 751 g/mol. The van der Waals surface area contributed by atoms with Crippen molar-refractivity contribution in [1.29, 1.82) is 0 Å². The maximum atomic E-state index is 13.5. The summed E-state index contributed by atoms with van der Waals surface area (Å²) in [6, 6.07) is 17.6. The summed E-state index contributed by atoms with van der Waals surface area (Å²) in [5, 5.41) is 20.5. The summed E-state index contributed by atoms with van der Waals surface area (Å²) in [5.74, 6) is -1.09. The number of nitrogens with one attached hydrogen (secondary N) is 4. The Bertz CT molecular complexity index is 1990. The lowest BCUT2D eigenvalue weighted by atomic mass is 9.94. The van der Waals surface area contributed by atoms with Gasteiger partial charge in [0, 0.05) is 57.4 Å². The minimum absolute atomic E-state index is 0.118. The summed E-state index contributed by atoms with van der Waals surface area (Å²) in [5.41, 5.74) is 3.01. The first-order valence-corrected chi connectivity index (χ1v) is 18.6. The van der Waals surface area contributed by atoms with Gasteiger partial charge >= 0.3 is 0 Å². The number of benzene rings is 3. The van der Waals surface area contributed by atoms with Crippen LogP contribution in [0.5, 0.6) is 11.5 Å². The fraction of sp³-hybridized carbons (Fsp3) is 0.400. The lowest BCUT2D eigenvalue weighted by Gasteiger charge is -2.35. The van der Waals surface area contributed by atoms with Crippen LogP contribution in [-0.2, 0) is 35.9 Å². The number of fused-ring (bicyclic) bond motifs is 1. The number of piperazine rings is 1. The van der Waals surface area contributed by atoms with E-state index < -0.39 is 23.4 Å². The molecule has 1 aliphatic carbocycles. The number of anilines is 1. The van der Waals surface area contributed by atoms with Crippen LogP contribution in [0.1, 0.15) is 58.8 Å². The summed E-state index contributed by atoms with van der Waals surface area (Å²) in [6.07, 6.45) is 1.82. The van der Waals surface area contributed by atoms with Crippen LogP contribution in [0.2, 0.25) is 0 Å². The van der Waals surface area contributed by atoms with Crippen molar-refractivity contribution in [2.75, 3.05) is 57.8 Å². The maximum Gasteiger partial charge on any atom is 0.255 e. The van der Waals surface area contributed by atoms with Crippen molar-refractivity contribution in [2.45, 2.75) is 49.7 Å². The van der Waals surface area contributed by atoms with E-state index in [1.54, 1.807) is 59.5 Å². The molecule has 55 heavy (non-hydrogen) atoms. The van der Waals surface area contributed by atoms with Gasteiger partial charge in [-0.3, -0.25) is 39.0 Å². The summed E-state index contributed by atoms with van der Waals surface area (Å²) in [4.78, 5) is 82.1. The average molecular weight is 752 g/mol. The number of nitrogens with zero attached hydrogens (tertiary/aromatic N) is 3. The van der Waals surface area contributed by atoms with Gasteiger partial charge in [-0.1, -0.05) is 24.3 Å². The molecule has 3 heterocycles. The van der Waals surface area contributed by atoms with Gasteiger partial charge in [-0.25, -0.2) is 0 Å². The largest absolute Gasteiger partial charge is 0.508 e. The standard InChI is InChI=1S/C40H45N7O8/c1-41-37(52)35(44-39(54)40(13-14-40)27-5-8-29(48)9-6-27)25-3-2-4-30(22-25)55-20-15-42-34(50)24-45-16-18-46(19-17-45)28-7-10-31-26(21-28)23-47(38(31)53)32-11-12-33(49)43-36(32)51/h2-10,21-22,32,35,48H,11-20,23-24H2,1H3,(H,41,52)(H,42,50)(H,44,54)(H,43,49,51). The van der Waals surface area contributed by atoms with E-state index in [2.05, 4.69) is 31.1 Å². The molecule has 0 spiro atoms. The van der Waals surface area contributed by atoms with Crippen molar-refractivity contribution < 1.29 is 38.6 Å². The Morgan fingerprint density at radius 3 is 2.45 bits per heavy atom. The second-order valence-corrected chi connectivity index (χ2v) is 14.4. The number of rotatable bonds is 13. The zero-order valence-electron chi connectivity index (χ0n) is 30.6. The Morgan fingerprint density at radius 1 is 0.982 bits per heavy atom. The first kappa shape index (κ1) is 37.4. The zero-order chi connectivity index (χ0) is 38.7. The first-order chi connectivity index (χ1) is 26.5. The summed E-state index contributed by atoms with van der Waals surface area (Å²) in [6.45, 7) is 3.78. The zero-order valence-corrected chi connectivity index (χ0v) is 30.6. The van der Waals surface area contributed by atoms with Gasteiger partial charge in [-0.2, -0.15) is 0 Å². The molecule has 0 bridgehead atoms. The Balaban J connectivity index is 0.851. The molecule has 5 N–H and O–H groups in total. The van der Waals surface area contributed by atoms with Gasteiger partial charge in [0.15, 0.2) is 0 Å². The van der Waals surface area contributed by atoms with E-state index in [1.165, 1.54) is 7.05 Å². The molecule has 3 aliphatic heterocycles. The number of hydrogen-bond acceptors (Lipinski definition) is 10. The molecular weight excluding hydrogens is 706 g/mol. The topological polar surface area (TPSA) is 190 Å². The minimum atomic E-state index is -0.946. The number of phenolic OH excluding ortho intramolecular Hbond substituents is 1. The molecule has 15 heteroatoms. The van der Waals surface area contributed by atoms with Crippen LogP contribution in [0.3, 0.4) is 0 Å². The van der Waals surface area contributed by atoms with Crippen LogP contribution < -0.4 is 30.9 Å². The van der Waals surface area contributed by atoms with Crippen molar-refractivity contribution in [2.24, 2.45) is 0 Å². The number of carbonyl (C=O) groups is 6. The number of aromatic hydroxyl groups is 1. The van der Waals surface area contributed by atoms with Crippen molar-refractivity contribution >= 4 is 41.1 Å². The number of carbonyl (C=O) groups excluding carboxylic acids is 6. The highest BCUT2D eigenvalue weighted by Crippen LogP contribution is 2.49. The number of hydrogen-bond donors (Lipinski definition) is 5. The van der Waals surface area contributed by atoms with Crippen LogP contribution in [0.4, 0.5) is 5.69 Å². The number of likely N-dealkylation sites (N-methyl/N-ethyl adjacent to an activating group) is 1. The Kier molecular flexibility index (Phi) is 10.7. The van der Waals surface area contributed by atoms with E-state index in [-0.39, 0.29) is 61.4 Å². The Morgan fingerprint density at radius 2 is 1.75 bits per heavy atom. The number of phenols is 1. The van der Waals surface area contributed by atoms with Gasteiger partial charge < -0.3 is 35.6 Å². The molecule has 3 fully saturated rings. The molecule has 2 saturated heterocycles. The smallest absolute Gasteiger partial charge is 0.255 e. The predicted octanol–water partition coefficient (Wildman–Crippen LogP) is 1.11. The quantitative estimate of drug-likeness (QED) is 0.125. The second-order valence-electron chi connectivity index (χ2n) is 14.4. The van der Waals surface area contributed by atoms with Gasteiger partial charge in [-0.05, 0) is 78.4 Å². The highest BCUT2D eigenvalue weighted by Gasteiger charge is 2.52. The first-order valence-electron chi connectivity index (χ1n) is 18.6. The third-order valence-corrected chi connectivity index (χ3v) is 10.9. The highest BCUT2D eigenvalue weighted by molar-refractivity contribution is 6.05. The average Bonchev–Trinajstić information content (AvgIpc) is 3.94. The third kappa shape index (κ3) is 8.11. The molecule has 15 nitrogen and oxygen atoms in total. The molecule has 4 aliphatic rings. The second kappa shape index (κ2) is 15.8. The number of piperidine rings is 1. The minimum Gasteiger partial charge on any atom is -0.508 e.